The van der Waals surface area contributed by atoms with Crippen LogP contribution in [0.4, 0.5) is 11.4 Å². The highest BCUT2D eigenvalue weighted by molar-refractivity contribution is 7.80. The van der Waals surface area contributed by atoms with Crippen molar-refractivity contribution in [1.29, 1.82) is 0 Å². The summed E-state index contributed by atoms with van der Waals surface area (Å²) in [6.07, 6.45) is 3.96. The maximum Gasteiger partial charge on any atom is 0.174 e. The number of rotatable bonds is 5. The molecule has 1 fully saturated rings. The lowest BCUT2D eigenvalue weighted by Crippen LogP contribution is -2.30. The third kappa shape index (κ3) is 3.98. The van der Waals surface area contributed by atoms with E-state index in [1.807, 2.05) is 32.4 Å². The lowest BCUT2D eigenvalue weighted by molar-refractivity contribution is 0.549. The zero-order chi connectivity index (χ0) is 22.9. The van der Waals surface area contributed by atoms with Crippen molar-refractivity contribution in [1.82, 2.24) is 14.9 Å². The van der Waals surface area contributed by atoms with Gasteiger partial charge in [0, 0.05) is 49.2 Å². The van der Waals surface area contributed by atoms with Crippen LogP contribution >= 0.6 is 12.2 Å². The summed E-state index contributed by atoms with van der Waals surface area (Å²) in [4.78, 5) is 8.99. The molecule has 2 aromatic heterocycles. The van der Waals surface area contributed by atoms with Gasteiger partial charge in [0.1, 0.15) is 6.04 Å². The van der Waals surface area contributed by atoms with Gasteiger partial charge in [-0.2, -0.15) is 0 Å². The topological polar surface area (TPSA) is 36.3 Å². The summed E-state index contributed by atoms with van der Waals surface area (Å²) < 4.78 is 2.25. The predicted octanol–water partition coefficient (Wildman–Crippen LogP) is 5.42. The maximum absolute atomic E-state index is 5.88. The molecule has 5 nitrogen and oxygen atoms in total. The third-order valence-corrected chi connectivity index (χ3v) is 6.42. The molecule has 1 saturated heterocycles. The minimum Gasteiger partial charge on any atom is -0.378 e. The molecular weight excluding hydrogens is 426 g/mol. The molecule has 0 aliphatic carbocycles. The number of benzene rings is 2. The van der Waals surface area contributed by atoms with E-state index in [-0.39, 0.29) is 12.1 Å². The molecule has 0 amide bonds. The van der Waals surface area contributed by atoms with E-state index in [1.54, 1.807) is 0 Å². The van der Waals surface area contributed by atoms with E-state index in [2.05, 4.69) is 105 Å². The van der Waals surface area contributed by atoms with Crippen LogP contribution < -0.4 is 15.1 Å². The molecule has 0 saturated carbocycles. The predicted molar refractivity (Wildman–Crippen MR) is 139 cm³/mol. The Morgan fingerprint density at radius 3 is 2.42 bits per heavy atom. The number of aromatic nitrogens is 2. The highest BCUT2D eigenvalue weighted by Crippen LogP contribution is 2.42. The van der Waals surface area contributed by atoms with E-state index in [9.17, 15) is 0 Å². The molecule has 5 rings (SSSR count). The van der Waals surface area contributed by atoms with Crippen molar-refractivity contribution >= 4 is 28.7 Å². The van der Waals surface area contributed by atoms with Gasteiger partial charge in [0.2, 0.25) is 0 Å². The molecule has 1 N–H and O–H groups in total. The van der Waals surface area contributed by atoms with Crippen molar-refractivity contribution in [3.63, 3.8) is 0 Å². The first-order chi connectivity index (χ1) is 16.0. The fourth-order valence-corrected chi connectivity index (χ4v) is 4.84. The third-order valence-electron chi connectivity index (χ3n) is 6.11. The standard InChI is InChI=1S/C27H27N5S/c1-19-8-6-9-22(18-19)31-17-7-11-24(31)26-25(23-10-4-5-16-28-23)29-27(33)32(26)21-14-12-20(13-15-21)30(2)3/h4-18,25-26H,1-3H3,(H,29,33). The van der Waals surface area contributed by atoms with Crippen LogP contribution in [0.15, 0.2) is 91.3 Å². The number of nitrogens with one attached hydrogen (secondary N) is 1. The molecule has 0 spiro atoms. The highest BCUT2D eigenvalue weighted by atomic mass is 32.1. The zero-order valence-electron chi connectivity index (χ0n) is 19.0. The van der Waals surface area contributed by atoms with E-state index in [0.29, 0.717) is 5.11 Å². The van der Waals surface area contributed by atoms with E-state index in [1.165, 1.54) is 5.56 Å². The van der Waals surface area contributed by atoms with Crippen molar-refractivity contribution in [2.24, 2.45) is 0 Å². The van der Waals surface area contributed by atoms with Crippen molar-refractivity contribution in [3.05, 3.63) is 108 Å². The molecule has 0 radical (unpaired) electrons. The molecule has 6 heteroatoms. The van der Waals surface area contributed by atoms with Crippen LogP contribution in [0.5, 0.6) is 0 Å². The number of thiocarbonyl (C=S) groups is 1. The van der Waals surface area contributed by atoms with Crippen molar-refractivity contribution in [2.75, 3.05) is 23.9 Å². The van der Waals surface area contributed by atoms with Gasteiger partial charge in [-0.15, -0.1) is 0 Å². The zero-order valence-corrected chi connectivity index (χ0v) is 19.8. The average Bonchev–Trinajstić information content (AvgIpc) is 3.44. The van der Waals surface area contributed by atoms with Gasteiger partial charge >= 0.3 is 0 Å². The molecule has 1 aliphatic rings. The van der Waals surface area contributed by atoms with Crippen LogP contribution in [0.1, 0.15) is 29.0 Å². The summed E-state index contributed by atoms with van der Waals surface area (Å²) in [5, 5.41) is 4.25. The summed E-state index contributed by atoms with van der Waals surface area (Å²) in [7, 11) is 4.09. The van der Waals surface area contributed by atoms with Crippen LogP contribution in [0.2, 0.25) is 0 Å². The first-order valence-electron chi connectivity index (χ1n) is 11.1. The van der Waals surface area contributed by atoms with Gasteiger partial charge < -0.3 is 19.7 Å². The number of pyridine rings is 1. The fraction of sp³-hybridized carbons (Fsp3) is 0.185. The molecule has 2 atom stereocenters. The Morgan fingerprint density at radius 2 is 1.73 bits per heavy atom. The molecule has 2 aromatic carbocycles. The summed E-state index contributed by atoms with van der Waals surface area (Å²) in [6.45, 7) is 2.12. The minimum atomic E-state index is -0.0781. The van der Waals surface area contributed by atoms with Gasteiger partial charge in [0.15, 0.2) is 5.11 Å². The van der Waals surface area contributed by atoms with Gasteiger partial charge in [-0.1, -0.05) is 18.2 Å². The smallest absolute Gasteiger partial charge is 0.174 e. The Kier molecular flexibility index (Phi) is 5.60. The van der Waals surface area contributed by atoms with Gasteiger partial charge in [0.05, 0.1) is 11.7 Å². The van der Waals surface area contributed by atoms with E-state index < -0.39 is 0 Å². The first kappa shape index (κ1) is 21.2. The fourth-order valence-electron chi connectivity index (χ4n) is 4.49. The number of hydrogen-bond donors (Lipinski definition) is 1. The molecule has 33 heavy (non-hydrogen) atoms. The molecule has 166 valence electrons. The van der Waals surface area contributed by atoms with Crippen molar-refractivity contribution in [3.8, 4) is 5.69 Å². The minimum absolute atomic E-state index is 0.0619. The molecule has 3 heterocycles. The quantitative estimate of drug-likeness (QED) is 0.408. The van der Waals surface area contributed by atoms with Crippen LogP contribution in [0.25, 0.3) is 5.69 Å². The highest BCUT2D eigenvalue weighted by Gasteiger charge is 2.42. The van der Waals surface area contributed by atoms with Gasteiger partial charge in [-0.3, -0.25) is 4.98 Å². The second kappa shape index (κ2) is 8.71. The Morgan fingerprint density at radius 1 is 0.909 bits per heavy atom. The summed E-state index contributed by atoms with van der Waals surface area (Å²) in [5.74, 6) is 0. The summed E-state index contributed by atoms with van der Waals surface area (Å²) in [6, 6.07) is 27.3. The lowest BCUT2D eigenvalue weighted by Gasteiger charge is -2.29. The van der Waals surface area contributed by atoms with Gasteiger partial charge in [0.25, 0.3) is 0 Å². The van der Waals surface area contributed by atoms with Gasteiger partial charge in [-0.05, 0) is 85.4 Å². The number of anilines is 2. The molecule has 2 unspecified atom stereocenters. The number of aryl methyl sites for hydroxylation is 1. The Hall–Kier alpha value is -3.64. The monoisotopic (exact) mass is 453 g/mol. The van der Waals surface area contributed by atoms with Crippen LogP contribution in [0, 0.1) is 6.92 Å². The summed E-state index contributed by atoms with van der Waals surface area (Å²) in [5.41, 5.74) is 6.69. The molecular formula is C27H27N5S. The summed E-state index contributed by atoms with van der Waals surface area (Å²) >= 11 is 5.88. The van der Waals surface area contributed by atoms with Crippen LogP contribution in [-0.4, -0.2) is 28.8 Å². The largest absolute Gasteiger partial charge is 0.378 e. The Bertz CT molecular complexity index is 1260. The van der Waals surface area contributed by atoms with Crippen molar-refractivity contribution in [2.45, 2.75) is 19.0 Å². The van der Waals surface area contributed by atoms with E-state index >= 15 is 0 Å². The molecule has 1 aliphatic heterocycles. The maximum atomic E-state index is 5.88. The first-order valence-corrected chi connectivity index (χ1v) is 11.5. The second-order valence-electron chi connectivity index (χ2n) is 8.55. The molecule has 4 aromatic rings. The van der Waals surface area contributed by atoms with Crippen molar-refractivity contribution < 1.29 is 0 Å². The SMILES string of the molecule is Cc1cccc(-n2cccc2C2C(c3ccccn3)NC(=S)N2c2ccc(N(C)C)cc2)c1. The van der Waals surface area contributed by atoms with E-state index in [4.69, 9.17) is 12.2 Å². The number of nitrogens with zero attached hydrogens (tertiary/aromatic N) is 4. The normalized spacial score (nSPS) is 17.8. The molecule has 0 bridgehead atoms. The Labute approximate surface area is 200 Å². The average molecular weight is 454 g/mol. The van der Waals surface area contributed by atoms with E-state index in [0.717, 1.165) is 28.5 Å². The van der Waals surface area contributed by atoms with Crippen LogP contribution in [0.3, 0.4) is 0 Å². The van der Waals surface area contributed by atoms with Gasteiger partial charge in [-0.25, -0.2) is 0 Å². The second-order valence-corrected chi connectivity index (χ2v) is 8.94. The lowest BCUT2D eigenvalue weighted by atomic mass is 10.0. The Balaban J connectivity index is 1.64. The number of hydrogen-bond acceptors (Lipinski definition) is 3. The van der Waals surface area contributed by atoms with Crippen LogP contribution in [-0.2, 0) is 0 Å².